The molecule has 4 rings (SSSR count). The first kappa shape index (κ1) is 33.6. The molecule has 4 aromatic rings. The first-order valence-electron chi connectivity index (χ1n) is 13.8. The van der Waals surface area contributed by atoms with Crippen LogP contribution in [0.15, 0.2) is 95.9 Å². The average molecular weight is 649 g/mol. The number of aliphatic hydroxyl groups excluding tert-OH is 1. The van der Waals surface area contributed by atoms with E-state index in [1.165, 1.54) is 6.07 Å². The van der Waals surface area contributed by atoms with Gasteiger partial charge < -0.3 is 14.4 Å². The van der Waals surface area contributed by atoms with Crippen LogP contribution in [-0.4, -0.2) is 38.0 Å². The predicted molar refractivity (Wildman–Crippen MR) is 161 cm³/mol. The molecule has 0 saturated carbocycles. The van der Waals surface area contributed by atoms with E-state index < -0.39 is 46.2 Å². The van der Waals surface area contributed by atoms with Gasteiger partial charge in [-0.3, -0.25) is 9.11 Å². The highest BCUT2D eigenvalue weighted by atomic mass is 35.5. The number of ether oxygens (including phenoxy) is 1. The van der Waals surface area contributed by atoms with Crippen molar-refractivity contribution < 1.29 is 36.2 Å². The van der Waals surface area contributed by atoms with E-state index in [4.69, 9.17) is 16.3 Å². The zero-order valence-corrected chi connectivity index (χ0v) is 25.3. The minimum absolute atomic E-state index is 0.0229. The van der Waals surface area contributed by atoms with Crippen LogP contribution in [0.2, 0.25) is 5.02 Å². The van der Waals surface area contributed by atoms with Gasteiger partial charge in [0.25, 0.3) is 0 Å². The van der Waals surface area contributed by atoms with Crippen LogP contribution in [-0.2, 0) is 30.4 Å². The fraction of sp³-hybridized carbons (Fsp3) is 0.273. The van der Waals surface area contributed by atoms with E-state index in [2.05, 4.69) is 0 Å². The van der Waals surface area contributed by atoms with Gasteiger partial charge in [0.2, 0.25) is 0 Å². The molecule has 0 saturated heterocycles. The zero-order chi connectivity index (χ0) is 31.9. The van der Waals surface area contributed by atoms with E-state index >= 15 is 0 Å². The van der Waals surface area contributed by atoms with Crippen LogP contribution in [0.3, 0.4) is 0 Å². The fourth-order valence-electron chi connectivity index (χ4n) is 5.04. The highest BCUT2D eigenvalue weighted by Crippen LogP contribution is 2.37. The molecule has 0 radical (unpaired) electrons. The second-order valence-corrected chi connectivity index (χ2v) is 11.7. The summed E-state index contributed by atoms with van der Waals surface area (Å²) in [4.78, 5) is 1.60. The molecule has 1 unspecified atom stereocenters. The van der Waals surface area contributed by atoms with Crippen LogP contribution in [0, 0.1) is 5.82 Å². The SMILES string of the molecule is C[C@@H](CCN(Cc1cccc(C(F)(F)F)c1Cl)CC(c1ccccc1)c1ccccc1)Oc1cc(F)c(CO)c(S(=O)[O-])c1. The molecule has 0 bridgehead atoms. The maximum absolute atomic E-state index is 14.5. The van der Waals surface area contributed by atoms with Crippen molar-refractivity contribution in [1.29, 1.82) is 0 Å². The van der Waals surface area contributed by atoms with E-state index in [1.54, 1.807) is 13.0 Å². The zero-order valence-electron chi connectivity index (χ0n) is 23.8. The van der Waals surface area contributed by atoms with Gasteiger partial charge in [-0.25, -0.2) is 4.39 Å². The molecule has 44 heavy (non-hydrogen) atoms. The highest BCUT2D eigenvalue weighted by molar-refractivity contribution is 7.79. The maximum Gasteiger partial charge on any atom is 0.417 e. The molecule has 1 N–H and O–H groups in total. The lowest BCUT2D eigenvalue weighted by molar-refractivity contribution is -0.137. The van der Waals surface area contributed by atoms with Crippen molar-refractivity contribution in [2.24, 2.45) is 0 Å². The van der Waals surface area contributed by atoms with E-state index in [9.17, 15) is 31.4 Å². The summed E-state index contributed by atoms with van der Waals surface area (Å²) in [5, 5.41) is 9.02. The van der Waals surface area contributed by atoms with Gasteiger partial charge >= 0.3 is 6.18 Å². The Bertz CT molecular complexity index is 1520. The third-order valence-electron chi connectivity index (χ3n) is 7.28. The van der Waals surface area contributed by atoms with Gasteiger partial charge in [0, 0.05) is 42.1 Å². The van der Waals surface area contributed by atoms with Gasteiger partial charge in [-0.05, 0) is 53.2 Å². The number of rotatable bonds is 13. The molecule has 0 amide bonds. The lowest BCUT2D eigenvalue weighted by atomic mass is 9.90. The van der Waals surface area contributed by atoms with Crippen LogP contribution >= 0.6 is 11.6 Å². The smallest absolute Gasteiger partial charge is 0.417 e. The molecule has 0 fully saturated rings. The van der Waals surface area contributed by atoms with Crippen LogP contribution in [0.1, 0.15) is 47.1 Å². The van der Waals surface area contributed by atoms with Crippen molar-refractivity contribution in [3.8, 4) is 5.75 Å². The number of nitrogens with zero attached hydrogens (tertiary/aromatic N) is 1. The minimum atomic E-state index is -4.61. The van der Waals surface area contributed by atoms with Gasteiger partial charge in [-0.15, -0.1) is 0 Å². The highest BCUT2D eigenvalue weighted by Gasteiger charge is 2.34. The average Bonchev–Trinajstić information content (AvgIpc) is 2.99. The second-order valence-electron chi connectivity index (χ2n) is 10.4. The summed E-state index contributed by atoms with van der Waals surface area (Å²) in [7, 11) is 0. The molecule has 4 aromatic carbocycles. The first-order chi connectivity index (χ1) is 21.0. The molecular formula is C33H31ClF4NO4S-. The quantitative estimate of drug-likeness (QED) is 0.119. The molecule has 0 heterocycles. The summed E-state index contributed by atoms with van der Waals surface area (Å²) >= 11 is 3.49. The number of hydrogen-bond acceptors (Lipinski definition) is 5. The molecule has 2 atom stereocenters. The largest absolute Gasteiger partial charge is 0.768 e. The standard InChI is InChI=1S/C33H32ClF4NO4S/c1-22(43-26-17-30(35)28(21-40)31(18-26)44(41)42)15-16-39(19-25-13-8-14-29(32(25)34)33(36,37)38)20-27(23-9-4-2-5-10-23)24-11-6-3-7-12-24/h2-14,17-18,22,27,40H,15-16,19-21H2,1H3,(H,41,42)/p-1/t22-/m0/s1. The summed E-state index contributed by atoms with van der Waals surface area (Å²) in [6.07, 6.45) is -4.77. The number of benzene rings is 4. The normalized spacial score (nSPS) is 13.3. The topological polar surface area (TPSA) is 72.8 Å². The van der Waals surface area contributed by atoms with E-state index in [0.29, 0.717) is 25.1 Å². The molecule has 0 spiro atoms. The van der Waals surface area contributed by atoms with Gasteiger partial charge in [0.05, 0.1) is 23.3 Å². The van der Waals surface area contributed by atoms with Crippen molar-refractivity contribution in [3.63, 3.8) is 0 Å². The Kier molecular flexibility index (Phi) is 11.6. The number of aliphatic hydroxyl groups is 1. The Balaban J connectivity index is 1.61. The number of alkyl halides is 3. The number of hydrogen-bond donors (Lipinski definition) is 1. The molecule has 0 aliphatic rings. The minimum Gasteiger partial charge on any atom is -0.768 e. The van der Waals surface area contributed by atoms with Gasteiger partial charge in [-0.1, -0.05) is 84.4 Å². The summed E-state index contributed by atoms with van der Waals surface area (Å²) in [5.74, 6) is -1.05. The lowest BCUT2D eigenvalue weighted by Gasteiger charge is -2.30. The molecule has 5 nitrogen and oxygen atoms in total. The maximum atomic E-state index is 14.5. The Morgan fingerprint density at radius 2 is 1.59 bits per heavy atom. The summed E-state index contributed by atoms with van der Waals surface area (Å²) in [6, 6.07) is 25.6. The fourth-order valence-corrected chi connectivity index (χ4v) is 5.91. The van der Waals surface area contributed by atoms with Crippen molar-refractivity contribution >= 4 is 22.7 Å². The van der Waals surface area contributed by atoms with Crippen molar-refractivity contribution in [2.45, 2.75) is 49.6 Å². The predicted octanol–water partition coefficient (Wildman–Crippen LogP) is 7.72. The van der Waals surface area contributed by atoms with E-state index in [-0.39, 0.29) is 28.8 Å². The van der Waals surface area contributed by atoms with Gasteiger partial charge in [0.15, 0.2) is 0 Å². The number of halogens is 5. The molecule has 0 aromatic heterocycles. The molecule has 0 aliphatic carbocycles. The third-order valence-corrected chi connectivity index (χ3v) is 8.45. The summed E-state index contributed by atoms with van der Waals surface area (Å²) < 4.78 is 84.4. The van der Waals surface area contributed by atoms with Crippen LogP contribution in [0.5, 0.6) is 5.75 Å². The lowest BCUT2D eigenvalue weighted by Crippen LogP contribution is -2.32. The summed E-state index contributed by atoms with van der Waals surface area (Å²) in [5.41, 5.74) is 1.12. The van der Waals surface area contributed by atoms with E-state index in [1.807, 2.05) is 65.6 Å². The summed E-state index contributed by atoms with van der Waals surface area (Å²) in [6.45, 7) is 1.85. The Morgan fingerprint density at radius 3 is 2.14 bits per heavy atom. The third kappa shape index (κ3) is 8.67. The molecular weight excluding hydrogens is 618 g/mol. The van der Waals surface area contributed by atoms with Gasteiger partial charge in [-0.2, -0.15) is 13.2 Å². The molecule has 234 valence electrons. The van der Waals surface area contributed by atoms with Crippen LogP contribution < -0.4 is 4.74 Å². The molecule has 11 heteroatoms. The van der Waals surface area contributed by atoms with E-state index in [0.717, 1.165) is 29.3 Å². The second kappa shape index (κ2) is 15.1. The van der Waals surface area contributed by atoms with Crippen molar-refractivity contribution in [1.82, 2.24) is 4.90 Å². The van der Waals surface area contributed by atoms with Crippen LogP contribution in [0.4, 0.5) is 17.6 Å². The van der Waals surface area contributed by atoms with Crippen molar-refractivity contribution in [2.75, 3.05) is 13.1 Å². The van der Waals surface area contributed by atoms with Crippen LogP contribution in [0.25, 0.3) is 0 Å². The first-order valence-corrected chi connectivity index (χ1v) is 15.3. The molecule has 0 aliphatic heterocycles. The monoisotopic (exact) mass is 648 g/mol. The van der Waals surface area contributed by atoms with Crippen molar-refractivity contribution in [3.05, 3.63) is 130 Å². The Labute approximate surface area is 261 Å². The Morgan fingerprint density at radius 1 is 0.977 bits per heavy atom. The van der Waals surface area contributed by atoms with Gasteiger partial charge in [0.1, 0.15) is 11.6 Å². The Hall–Kier alpha value is -3.28.